The number of rotatable bonds is 4. The van der Waals surface area contributed by atoms with Gasteiger partial charge in [0.25, 0.3) is 0 Å². The van der Waals surface area contributed by atoms with Crippen LogP contribution < -0.4 is 10.6 Å². The number of aromatic amines is 1. The highest BCUT2D eigenvalue weighted by atomic mass is 19.1. The number of benzene rings is 2. The number of para-hydroxylation sites is 1. The number of imidazole rings is 1. The third-order valence-electron chi connectivity index (χ3n) is 5.85. The fourth-order valence-corrected chi connectivity index (χ4v) is 4.26. The number of pyridine rings is 1. The Morgan fingerprint density at radius 2 is 2.03 bits per heavy atom. The Morgan fingerprint density at radius 3 is 2.78 bits per heavy atom. The number of H-pyrrole nitrogens is 1. The number of aromatic nitrogens is 3. The molecule has 8 heteroatoms. The second kappa shape index (κ2) is 7.78. The second-order valence-electron chi connectivity index (χ2n) is 7.83. The summed E-state index contributed by atoms with van der Waals surface area (Å²) in [4.78, 5) is 26.0. The van der Waals surface area contributed by atoms with Crippen molar-refractivity contribution in [2.75, 3.05) is 18.0 Å². The average molecular weight is 426 g/mol. The molecule has 0 saturated carbocycles. The molecule has 1 saturated heterocycles. The standard InChI is InChI=1S/C24H19FN6O/c25-19-5-2-6-20-21(19)30-24(29-20)18-12-28-11-17(15-4-1-3-14(9-15)10-26)22(18)31-8-7-16(13-31)23(27)32/h1-6,9,11-12,16H,7-8,13H2,(H2,27,32)(H,29,30). The van der Waals surface area contributed by atoms with E-state index in [4.69, 9.17) is 5.73 Å². The predicted octanol–water partition coefficient (Wildman–Crippen LogP) is 3.61. The molecule has 0 bridgehead atoms. The molecule has 1 aliphatic rings. The monoisotopic (exact) mass is 426 g/mol. The molecule has 1 amide bonds. The minimum absolute atomic E-state index is 0.252. The largest absolute Gasteiger partial charge is 0.370 e. The van der Waals surface area contributed by atoms with E-state index in [1.807, 2.05) is 12.1 Å². The van der Waals surface area contributed by atoms with E-state index in [9.17, 15) is 14.4 Å². The van der Waals surface area contributed by atoms with Gasteiger partial charge in [0.05, 0.1) is 34.3 Å². The number of halogens is 1. The molecule has 1 aliphatic heterocycles. The van der Waals surface area contributed by atoms with Crippen LogP contribution in [-0.4, -0.2) is 33.9 Å². The van der Waals surface area contributed by atoms with Gasteiger partial charge >= 0.3 is 0 Å². The van der Waals surface area contributed by atoms with Gasteiger partial charge in [0.15, 0.2) is 5.82 Å². The zero-order valence-electron chi connectivity index (χ0n) is 17.0. The zero-order chi connectivity index (χ0) is 22.2. The van der Waals surface area contributed by atoms with Gasteiger partial charge < -0.3 is 15.6 Å². The van der Waals surface area contributed by atoms with E-state index >= 15 is 0 Å². The number of hydrogen-bond acceptors (Lipinski definition) is 5. The van der Waals surface area contributed by atoms with Crippen LogP contribution in [-0.2, 0) is 4.79 Å². The van der Waals surface area contributed by atoms with Crippen molar-refractivity contribution >= 4 is 22.6 Å². The van der Waals surface area contributed by atoms with Gasteiger partial charge in [0.2, 0.25) is 5.91 Å². The summed E-state index contributed by atoms with van der Waals surface area (Å²) in [5.74, 6) is -0.523. The highest BCUT2D eigenvalue weighted by Crippen LogP contribution is 2.40. The van der Waals surface area contributed by atoms with Crippen LogP contribution in [0.4, 0.5) is 10.1 Å². The van der Waals surface area contributed by atoms with Gasteiger partial charge in [-0.25, -0.2) is 9.37 Å². The van der Waals surface area contributed by atoms with Gasteiger partial charge in [-0.2, -0.15) is 5.26 Å². The van der Waals surface area contributed by atoms with Crippen LogP contribution in [0.5, 0.6) is 0 Å². The van der Waals surface area contributed by atoms with Crippen LogP contribution in [0, 0.1) is 23.1 Å². The number of nitriles is 1. The van der Waals surface area contributed by atoms with Crippen molar-refractivity contribution in [3.8, 4) is 28.6 Å². The Kier molecular flexibility index (Phi) is 4.79. The predicted molar refractivity (Wildman–Crippen MR) is 119 cm³/mol. The van der Waals surface area contributed by atoms with Crippen LogP contribution in [0.1, 0.15) is 12.0 Å². The topological polar surface area (TPSA) is 112 Å². The van der Waals surface area contributed by atoms with Crippen LogP contribution in [0.15, 0.2) is 54.9 Å². The molecule has 1 unspecified atom stereocenters. The maximum absolute atomic E-state index is 14.3. The second-order valence-corrected chi connectivity index (χ2v) is 7.83. The smallest absolute Gasteiger partial charge is 0.222 e. The minimum atomic E-state index is -0.410. The Balaban J connectivity index is 1.72. The van der Waals surface area contributed by atoms with E-state index in [2.05, 4.69) is 25.9 Å². The third kappa shape index (κ3) is 3.34. The molecule has 2 aromatic heterocycles. The fourth-order valence-electron chi connectivity index (χ4n) is 4.26. The Hall–Kier alpha value is -4.25. The lowest BCUT2D eigenvalue weighted by Gasteiger charge is -2.24. The summed E-state index contributed by atoms with van der Waals surface area (Å²) in [7, 11) is 0. The molecule has 5 rings (SSSR count). The van der Waals surface area contributed by atoms with Gasteiger partial charge in [-0.1, -0.05) is 18.2 Å². The molecule has 3 heterocycles. The molecule has 0 spiro atoms. The number of nitrogens with zero attached hydrogens (tertiary/aromatic N) is 4. The molecule has 32 heavy (non-hydrogen) atoms. The summed E-state index contributed by atoms with van der Waals surface area (Å²) < 4.78 is 14.3. The molecular weight excluding hydrogens is 407 g/mol. The van der Waals surface area contributed by atoms with Crippen molar-refractivity contribution in [3.05, 3.63) is 66.2 Å². The molecule has 4 aromatic rings. The van der Waals surface area contributed by atoms with Crippen LogP contribution >= 0.6 is 0 Å². The number of amides is 1. The van der Waals surface area contributed by atoms with Crippen molar-refractivity contribution in [1.29, 1.82) is 5.26 Å². The summed E-state index contributed by atoms with van der Waals surface area (Å²) in [6, 6.07) is 14.2. The number of primary amides is 1. The van der Waals surface area contributed by atoms with E-state index in [0.717, 1.165) is 16.8 Å². The van der Waals surface area contributed by atoms with E-state index in [0.29, 0.717) is 42.0 Å². The van der Waals surface area contributed by atoms with E-state index in [1.165, 1.54) is 6.07 Å². The number of nitrogens with two attached hydrogens (primary N) is 1. The van der Waals surface area contributed by atoms with Crippen LogP contribution in [0.25, 0.3) is 33.5 Å². The average Bonchev–Trinajstić information content (AvgIpc) is 3.47. The highest BCUT2D eigenvalue weighted by Gasteiger charge is 2.30. The lowest BCUT2D eigenvalue weighted by atomic mass is 10.00. The SMILES string of the molecule is N#Cc1cccc(-c2cncc(-c3nc4c(F)cccc4[nH]3)c2N2CCC(C(N)=O)C2)c1. The molecule has 1 atom stereocenters. The van der Waals surface area contributed by atoms with Gasteiger partial charge in [0, 0.05) is 31.0 Å². The van der Waals surface area contributed by atoms with E-state index < -0.39 is 5.82 Å². The summed E-state index contributed by atoms with van der Waals surface area (Å²) in [5.41, 5.74) is 10.0. The van der Waals surface area contributed by atoms with Crippen molar-refractivity contribution in [2.45, 2.75) is 6.42 Å². The lowest BCUT2D eigenvalue weighted by Crippen LogP contribution is -2.28. The van der Waals surface area contributed by atoms with Crippen molar-refractivity contribution in [1.82, 2.24) is 15.0 Å². The normalized spacial score (nSPS) is 15.8. The summed E-state index contributed by atoms with van der Waals surface area (Å²) in [6.07, 6.45) is 4.06. The zero-order valence-corrected chi connectivity index (χ0v) is 17.0. The van der Waals surface area contributed by atoms with Gasteiger partial charge in [0.1, 0.15) is 11.3 Å². The lowest BCUT2D eigenvalue weighted by molar-refractivity contribution is -0.121. The van der Waals surface area contributed by atoms with Crippen LogP contribution in [0.2, 0.25) is 0 Å². The summed E-state index contributed by atoms with van der Waals surface area (Å²) in [6.45, 7) is 1.09. The number of anilines is 1. The maximum Gasteiger partial charge on any atom is 0.222 e. The number of hydrogen-bond donors (Lipinski definition) is 2. The van der Waals surface area contributed by atoms with Crippen molar-refractivity contribution in [2.24, 2.45) is 11.7 Å². The van der Waals surface area contributed by atoms with Crippen LogP contribution in [0.3, 0.4) is 0 Å². The first-order chi connectivity index (χ1) is 15.5. The molecule has 2 aromatic carbocycles. The summed E-state index contributed by atoms with van der Waals surface area (Å²) >= 11 is 0. The Morgan fingerprint density at radius 1 is 1.22 bits per heavy atom. The first kappa shape index (κ1) is 19.7. The first-order valence-electron chi connectivity index (χ1n) is 10.2. The molecule has 0 radical (unpaired) electrons. The van der Waals surface area contributed by atoms with E-state index in [-0.39, 0.29) is 17.3 Å². The Bertz CT molecular complexity index is 1390. The fraction of sp³-hybridized carbons (Fsp3) is 0.167. The molecule has 7 nitrogen and oxygen atoms in total. The Labute approximate surface area is 183 Å². The van der Waals surface area contributed by atoms with Gasteiger partial charge in [-0.05, 0) is 36.2 Å². The quantitative estimate of drug-likeness (QED) is 0.518. The molecule has 158 valence electrons. The van der Waals surface area contributed by atoms with E-state index in [1.54, 1.807) is 36.7 Å². The maximum atomic E-state index is 14.3. The number of fused-ring (bicyclic) bond motifs is 1. The molecular formula is C24H19FN6O. The minimum Gasteiger partial charge on any atom is -0.370 e. The molecule has 3 N–H and O–H groups in total. The van der Waals surface area contributed by atoms with Gasteiger partial charge in [-0.15, -0.1) is 0 Å². The number of nitrogens with one attached hydrogen (secondary N) is 1. The first-order valence-corrected chi connectivity index (χ1v) is 10.2. The molecule has 0 aliphatic carbocycles. The van der Waals surface area contributed by atoms with Gasteiger partial charge in [-0.3, -0.25) is 9.78 Å². The molecule has 1 fully saturated rings. The summed E-state index contributed by atoms with van der Waals surface area (Å²) in [5, 5.41) is 9.35. The third-order valence-corrected chi connectivity index (χ3v) is 5.85. The van der Waals surface area contributed by atoms with Crippen molar-refractivity contribution < 1.29 is 9.18 Å². The number of carbonyl (C=O) groups excluding carboxylic acids is 1. The van der Waals surface area contributed by atoms with Crippen molar-refractivity contribution in [3.63, 3.8) is 0 Å². The highest BCUT2D eigenvalue weighted by molar-refractivity contribution is 5.92. The number of carbonyl (C=O) groups is 1.